The van der Waals surface area contributed by atoms with Crippen molar-refractivity contribution in [1.29, 1.82) is 0 Å². The molecule has 1 saturated heterocycles. The van der Waals surface area contributed by atoms with E-state index in [1.807, 2.05) is 22.8 Å². The molecule has 2 unspecified atom stereocenters. The third-order valence-electron chi connectivity index (χ3n) is 7.42. The second-order valence-electron chi connectivity index (χ2n) is 9.62. The molecule has 1 aromatic heterocycles. The Morgan fingerprint density at radius 1 is 1.14 bits per heavy atom. The smallest absolute Gasteiger partial charge is 0.265 e. The highest BCUT2D eigenvalue weighted by atomic mass is 35.5. The number of ether oxygens (including phenoxy) is 1. The minimum Gasteiger partial charge on any atom is -0.494 e. The van der Waals surface area contributed by atoms with Gasteiger partial charge in [-0.2, -0.15) is 0 Å². The molecule has 6 rings (SSSR count). The molecule has 1 aromatic carbocycles. The van der Waals surface area contributed by atoms with Crippen LogP contribution in [0.3, 0.4) is 0 Å². The summed E-state index contributed by atoms with van der Waals surface area (Å²) in [6.45, 7) is 2.26. The maximum Gasteiger partial charge on any atom is 0.265 e. The van der Waals surface area contributed by atoms with Gasteiger partial charge in [-0.1, -0.05) is 11.6 Å². The van der Waals surface area contributed by atoms with Crippen molar-refractivity contribution >= 4 is 11.6 Å². The Balaban J connectivity index is 1.25. The monoisotopic (exact) mass is 506 g/mol. The van der Waals surface area contributed by atoms with Gasteiger partial charge in [0, 0.05) is 43.2 Å². The van der Waals surface area contributed by atoms with Gasteiger partial charge in [-0.15, -0.1) is 10.2 Å². The average molecular weight is 507 g/mol. The van der Waals surface area contributed by atoms with Gasteiger partial charge in [0.2, 0.25) is 0 Å². The van der Waals surface area contributed by atoms with Gasteiger partial charge < -0.3 is 10.1 Å². The van der Waals surface area contributed by atoms with Gasteiger partial charge in [0.05, 0.1) is 25.4 Å². The first kappa shape index (κ1) is 22.9. The molecule has 0 bridgehead atoms. The maximum absolute atomic E-state index is 13.9. The molecule has 35 heavy (non-hydrogen) atoms. The number of nitrogens with zero attached hydrogens (tertiary/aromatic N) is 5. The molecular formula is C24H26ClF3N6O. The van der Waals surface area contributed by atoms with E-state index in [1.54, 1.807) is 11.0 Å². The van der Waals surface area contributed by atoms with Crippen LogP contribution in [-0.2, 0) is 17.8 Å². The van der Waals surface area contributed by atoms with Gasteiger partial charge in [-0.3, -0.25) is 14.4 Å². The van der Waals surface area contributed by atoms with Gasteiger partial charge in [-0.05, 0) is 42.7 Å². The number of hydrogen-bond acceptors (Lipinski definition) is 6. The molecule has 2 fully saturated rings. The third kappa shape index (κ3) is 4.11. The second kappa shape index (κ2) is 8.53. The second-order valence-corrected chi connectivity index (χ2v) is 10.1. The summed E-state index contributed by atoms with van der Waals surface area (Å²) >= 11 is 6.28. The number of piperidine rings is 1. The molecule has 11 heteroatoms. The summed E-state index contributed by atoms with van der Waals surface area (Å²) in [7, 11) is 1.46. The van der Waals surface area contributed by atoms with E-state index < -0.39 is 17.8 Å². The third-order valence-corrected chi connectivity index (χ3v) is 7.66. The zero-order valence-corrected chi connectivity index (χ0v) is 20.0. The number of alkyl halides is 2. The zero-order chi connectivity index (χ0) is 24.3. The lowest BCUT2D eigenvalue weighted by Crippen LogP contribution is -2.47. The normalized spacial score (nSPS) is 26.7. The van der Waals surface area contributed by atoms with Crippen molar-refractivity contribution in [3.63, 3.8) is 0 Å². The van der Waals surface area contributed by atoms with Crippen molar-refractivity contribution in [2.24, 2.45) is 0 Å². The Labute approximate surface area is 206 Å². The molecule has 3 aliphatic heterocycles. The Bertz CT molecular complexity index is 1210. The van der Waals surface area contributed by atoms with E-state index in [0.717, 1.165) is 43.0 Å². The lowest BCUT2D eigenvalue weighted by molar-refractivity contribution is 0.0663. The van der Waals surface area contributed by atoms with E-state index in [-0.39, 0.29) is 24.3 Å². The van der Waals surface area contributed by atoms with Crippen molar-refractivity contribution < 1.29 is 17.9 Å². The fraction of sp³-hybridized carbons (Fsp3) is 0.500. The van der Waals surface area contributed by atoms with Crippen molar-refractivity contribution in [1.82, 2.24) is 29.9 Å². The van der Waals surface area contributed by atoms with E-state index in [9.17, 15) is 13.2 Å². The van der Waals surface area contributed by atoms with Crippen LogP contribution in [0.4, 0.5) is 13.2 Å². The quantitative estimate of drug-likeness (QED) is 0.674. The Morgan fingerprint density at radius 2 is 1.91 bits per heavy atom. The summed E-state index contributed by atoms with van der Waals surface area (Å²) in [6, 6.07) is 4.82. The minimum atomic E-state index is -2.66. The van der Waals surface area contributed by atoms with E-state index >= 15 is 0 Å². The summed E-state index contributed by atoms with van der Waals surface area (Å²) in [6.07, 6.45) is 4.50. The van der Waals surface area contributed by atoms with Gasteiger partial charge in [0.25, 0.3) is 5.92 Å². The standard InChI is InChI=1S/C24H26ClF3N6O/c1-35-19-9-21(29-11-17(19)26)32-6-4-14(5-7-32)23-31-30-22-13-33(20-10-24(20,27)28)12-15-8-16(25)2-3-18(15)34(22)23/h2-3,8-9,11,14,20-21,29H,4-7,10,12-13H2,1H3. The molecule has 2 aromatic rings. The lowest BCUT2D eigenvalue weighted by Gasteiger charge is -2.37. The topological polar surface area (TPSA) is 58.5 Å². The lowest BCUT2D eigenvalue weighted by atomic mass is 9.95. The number of nitrogens with one attached hydrogen (secondary N) is 1. The Morgan fingerprint density at radius 3 is 2.63 bits per heavy atom. The van der Waals surface area contributed by atoms with E-state index in [0.29, 0.717) is 23.9 Å². The molecular weight excluding hydrogens is 481 g/mol. The number of allylic oxidation sites excluding steroid dienone is 1. The number of methoxy groups -OCH3 is 1. The fourth-order valence-electron chi connectivity index (χ4n) is 5.44. The predicted molar refractivity (Wildman–Crippen MR) is 124 cm³/mol. The summed E-state index contributed by atoms with van der Waals surface area (Å²) in [5.41, 5.74) is 1.80. The molecule has 4 heterocycles. The molecule has 0 radical (unpaired) electrons. The Hall–Kier alpha value is -2.56. The predicted octanol–water partition coefficient (Wildman–Crippen LogP) is 4.09. The fourth-order valence-corrected chi connectivity index (χ4v) is 5.64. The number of dihydropyridines is 1. The van der Waals surface area contributed by atoms with Gasteiger partial charge in [0.15, 0.2) is 17.4 Å². The van der Waals surface area contributed by atoms with Crippen molar-refractivity contribution in [3.05, 3.63) is 64.3 Å². The molecule has 0 spiro atoms. The first-order valence-electron chi connectivity index (χ1n) is 11.8. The molecule has 4 aliphatic rings. The molecule has 1 saturated carbocycles. The summed E-state index contributed by atoms with van der Waals surface area (Å²) in [5, 5.41) is 12.7. The summed E-state index contributed by atoms with van der Waals surface area (Å²) in [4.78, 5) is 4.03. The first-order chi connectivity index (χ1) is 16.8. The molecule has 7 nitrogen and oxygen atoms in total. The highest BCUT2D eigenvalue weighted by Crippen LogP contribution is 2.47. The van der Waals surface area contributed by atoms with Gasteiger partial charge >= 0.3 is 0 Å². The van der Waals surface area contributed by atoms with Crippen molar-refractivity contribution in [3.8, 4) is 5.69 Å². The number of likely N-dealkylation sites (tertiary alicyclic amines) is 1. The van der Waals surface area contributed by atoms with Gasteiger partial charge in [0.1, 0.15) is 12.0 Å². The number of rotatable bonds is 4. The highest BCUT2D eigenvalue weighted by molar-refractivity contribution is 6.30. The molecule has 1 aliphatic carbocycles. The van der Waals surface area contributed by atoms with Gasteiger partial charge in [-0.25, -0.2) is 13.2 Å². The number of halogens is 4. The SMILES string of the molecule is COC1=CC(N2CCC(c3nnc4n3-c3ccc(Cl)cc3CN(C3CC3(F)F)C4)CC2)NC=C1F. The van der Waals surface area contributed by atoms with E-state index in [4.69, 9.17) is 16.3 Å². The number of aromatic nitrogens is 3. The van der Waals surface area contributed by atoms with Crippen LogP contribution in [0.2, 0.25) is 5.02 Å². The van der Waals surface area contributed by atoms with Crippen LogP contribution in [0.5, 0.6) is 0 Å². The van der Waals surface area contributed by atoms with Crippen LogP contribution in [0.25, 0.3) is 5.69 Å². The number of hydrogen-bond donors (Lipinski definition) is 1. The number of benzene rings is 1. The van der Waals surface area contributed by atoms with Crippen molar-refractivity contribution in [2.75, 3.05) is 20.2 Å². The Kier molecular flexibility index (Phi) is 5.58. The minimum absolute atomic E-state index is 0.129. The van der Waals surface area contributed by atoms with Crippen LogP contribution in [-0.4, -0.2) is 62.9 Å². The van der Waals surface area contributed by atoms with Crippen LogP contribution in [0, 0.1) is 0 Å². The van der Waals surface area contributed by atoms with Crippen LogP contribution >= 0.6 is 11.6 Å². The van der Waals surface area contributed by atoms with Crippen LogP contribution in [0.1, 0.15) is 42.4 Å². The first-order valence-corrected chi connectivity index (χ1v) is 12.2. The van der Waals surface area contributed by atoms with Crippen LogP contribution in [0.15, 0.2) is 42.1 Å². The van der Waals surface area contributed by atoms with Crippen LogP contribution < -0.4 is 5.32 Å². The number of fused-ring (bicyclic) bond motifs is 3. The molecule has 2 atom stereocenters. The summed E-state index contributed by atoms with van der Waals surface area (Å²) < 4.78 is 48.9. The van der Waals surface area contributed by atoms with Crippen molar-refractivity contribution in [2.45, 2.75) is 56.4 Å². The van der Waals surface area contributed by atoms with E-state index in [1.165, 1.54) is 13.3 Å². The molecule has 1 N–H and O–H groups in total. The molecule has 186 valence electrons. The maximum atomic E-state index is 13.9. The average Bonchev–Trinajstić information content (AvgIpc) is 3.35. The summed E-state index contributed by atoms with van der Waals surface area (Å²) in [5.74, 6) is -1.16. The highest BCUT2D eigenvalue weighted by Gasteiger charge is 2.60. The largest absolute Gasteiger partial charge is 0.494 e. The van der Waals surface area contributed by atoms with E-state index in [2.05, 4.69) is 20.4 Å². The zero-order valence-electron chi connectivity index (χ0n) is 19.2. The molecule has 0 amide bonds.